The van der Waals surface area contributed by atoms with Crippen LogP contribution in [0, 0.1) is 0 Å². The van der Waals surface area contributed by atoms with Crippen LogP contribution in [0.4, 0.5) is 0 Å². The maximum absolute atomic E-state index is 13.0. The van der Waals surface area contributed by atoms with Gasteiger partial charge in [-0.15, -0.1) is 0 Å². The molecule has 0 heterocycles. The van der Waals surface area contributed by atoms with Gasteiger partial charge in [0.2, 0.25) is 0 Å². The van der Waals surface area contributed by atoms with Crippen LogP contribution in [0.25, 0.3) is 0 Å². The molecule has 6 heteroatoms. The number of hydrogen-bond acceptors (Lipinski definition) is 6. The highest BCUT2D eigenvalue weighted by atomic mass is 16.6. The molecule has 470 valence electrons. The molecule has 83 heavy (non-hydrogen) atoms. The molecular formula is C77H126O6. The van der Waals surface area contributed by atoms with Gasteiger partial charge in [0.1, 0.15) is 13.2 Å². The maximum Gasteiger partial charge on any atom is 0.306 e. The van der Waals surface area contributed by atoms with Crippen molar-refractivity contribution >= 4 is 17.9 Å². The number of carbonyl (C=O) groups is 3. The van der Waals surface area contributed by atoms with E-state index in [0.29, 0.717) is 19.3 Å². The number of allylic oxidation sites excluding steroid dienone is 24. The fourth-order valence-corrected chi connectivity index (χ4v) is 9.24. The summed E-state index contributed by atoms with van der Waals surface area (Å²) in [4.78, 5) is 38.4. The molecule has 6 nitrogen and oxygen atoms in total. The molecule has 1 atom stereocenters. The van der Waals surface area contributed by atoms with Crippen molar-refractivity contribution in [2.24, 2.45) is 0 Å². The Hall–Kier alpha value is -4.71. The quantitative estimate of drug-likeness (QED) is 0.0261. The molecule has 0 aliphatic heterocycles. The van der Waals surface area contributed by atoms with Crippen molar-refractivity contribution in [3.63, 3.8) is 0 Å². The summed E-state index contributed by atoms with van der Waals surface area (Å²) in [6.45, 7) is 6.37. The van der Waals surface area contributed by atoms with Crippen LogP contribution in [0.1, 0.15) is 303 Å². The van der Waals surface area contributed by atoms with Gasteiger partial charge in [-0.3, -0.25) is 14.4 Å². The summed E-state index contributed by atoms with van der Waals surface area (Å²) in [5.74, 6) is -0.967. The van der Waals surface area contributed by atoms with E-state index in [0.717, 1.165) is 122 Å². The Kier molecular flexibility index (Phi) is 65.8. The first-order valence-electron chi connectivity index (χ1n) is 34.3. The van der Waals surface area contributed by atoms with Gasteiger partial charge in [-0.1, -0.05) is 295 Å². The lowest BCUT2D eigenvalue weighted by atomic mass is 10.0. The maximum atomic E-state index is 13.0. The van der Waals surface area contributed by atoms with Gasteiger partial charge in [0.05, 0.1) is 0 Å². The molecule has 0 aromatic heterocycles. The molecule has 0 radical (unpaired) electrons. The predicted molar refractivity (Wildman–Crippen MR) is 362 cm³/mol. The van der Waals surface area contributed by atoms with Crippen LogP contribution in [0.15, 0.2) is 146 Å². The minimum Gasteiger partial charge on any atom is -0.462 e. The fourth-order valence-electron chi connectivity index (χ4n) is 9.24. The largest absolute Gasteiger partial charge is 0.462 e. The first-order chi connectivity index (χ1) is 41.0. The van der Waals surface area contributed by atoms with E-state index in [2.05, 4.69) is 167 Å². The highest BCUT2D eigenvalue weighted by Crippen LogP contribution is 2.16. The molecule has 0 aliphatic carbocycles. The fraction of sp³-hybridized carbons (Fsp3) is 0.649. The van der Waals surface area contributed by atoms with Gasteiger partial charge >= 0.3 is 17.9 Å². The highest BCUT2D eigenvalue weighted by molar-refractivity contribution is 5.71. The molecule has 0 saturated heterocycles. The standard InChI is InChI=1S/C77H126O6/c1-4-7-10-13-16-19-22-25-28-31-33-35-37-38-40-41-43-46-49-52-55-58-61-64-67-70-76(79)82-73-74(72-81-75(78)69-66-63-60-57-54-51-48-45-30-27-24-21-18-15-12-9-6-3)83-77(80)71-68-65-62-59-56-53-50-47-44-42-39-36-34-32-29-26-23-20-17-14-11-8-5-2/h7,9-10,12,16,18-19,21,23,25-28,30,32-35,38,40,48,51,57,60,74H,4-6,8,11,13-15,17,20,22,24,29,31,36-37,39,41-47,49-50,52-56,58-59,61-73H2,1-3H3/b10-7-,12-9-,19-16-,21-18-,26-23-,28-25-,30-27-,34-32-,35-33-,40-38-,51-48-,60-57-. The average Bonchev–Trinajstić information content (AvgIpc) is 3.49. The third kappa shape index (κ3) is 68.0. The summed E-state index contributed by atoms with van der Waals surface area (Å²) in [7, 11) is 0. The van der Waals surface area contributed by atoms with Crippen LogP contribution in [0.2, 0.25) is 0 Å². The summed E-state index contributed by atoms with van der Waals surface area (Å²) in [5, 5.41) is 0. The zero-order valence-corrected chi connectivity index (χ0v) is 53.9. The van der Waals surface area contributed by atoms with Crippen molar-refractivity contribution < 1.29 is 28.6 Å². The van der Waals surface area contributed by atoms with Gasteiger partial charge in [-0.05, 0) is 135 Å². The number of rotatable bonds is 61. The molecule has 0 spiro atoms. The molecule has 0 saturated carbocycles. The van der Waals surface area contributed by atoms with Crippen LogP contribution < -0.4 is 0 Å². The van der Waals surface area contributed by atoms with Gasteiger partial charge in [0.25, 0.3) is 0 Å². The zero-order valence-electron chi connectivity index (χ0n) is 53.9. The highest BCUT2D eigenvalue weighted by Gasteiger charge is 2.19. The van der Waals surface area contributed by atoms with Gasteiger partial charge in [0.15, 0.2) is 6.10 Å². The van der Waals surface area contributed by atoms with Crippen molar-refractivity contribution in [1.29, 1.82) is 0 Å². The van der Waals surface area contributed by atoms with Crippen LogP contribution in [0.3, 0.4) is 0 Å². The van der Waals surface area contributed by atoms with Gasteiger partial charge in [-0.25, -0.2) is 0 Å². The van der Waals surface area contributed by atoms with E-state index in [9.17, 15) is 14.4 Å². The second-order valence-electron chi connectivity index (χ2n) is 22.3. The first kappa shape index (κ1) is 78.3. The minimum absolute atomic E-state index is 0.104. The third-order valence-corrected chi connectivity index (χ3v) is 14.3. The van der Waals surface area contributed by atoms with Crippen molar-refractivity contribution in [1.82, 2.24) is 0 Å². The minimum atomic E-state index is -0.813. The summed E-state index contributed by atoms with van der Waals surface area (Å²) < 4.78 is 16.9. The van der Waals surface area contributed by atoms with Crippen LogP contribution in [-0.2, 0) is 28.6 Å². The molecule has 1 unspecified atom stereocenters. The molecule has 0 N–H and O–H groups in total. The SMILES string of the molecule is CC/C=C\C/C=C\C/C=C\C/C=C\C/C=C\CCCCCCCCCCCC(=O)OCC(COC(=O)CCC/C=C\C/C=C\C/C=C\C/C=C\C/C=C\CC)OC(=O)CCCCCCCCCCCCC/C=C\C/C=C\CCCCCCC. The van der Waals surface area contributed by atoms with Crippen LogP contribution in [-0.4, -0.2) is 37.2 Å². The topological polar surface area (TPSA) is 78.9 Å². The normalized spacial score (nSPS) is 13.0. The molecular weight excluding hydrogens is 1020 g/mol. The van der Waals surface area contributed by atoms with Crippen molar-refractivity contribution in [3.8, 4) is 0 Å². The monoisotopic (exact) mass is 1150 g/mol. The van der Waals surface area contributed by atoms with E-state index >= 15 is 0 Å². The zero-order chi connectivity index (χ0) is 59.9. The van der Waals surface area contributed by atoms with E-state index < -0.39 is 6.10 Å². The number of esters is 3. The molecule has 0 amide bonds. The molecule has 0 bridgehead atoms. The Bertz CT molecular complexity index is 1800. The van der Waals surface area contributed by atoms with Crippen LogP contribution >= 0.6 is 0 Å². The van der Waals surface area contributed by atoms with Crippen molar-refractivity contribution in [2.75, 3.05) is 13.2 Å². The second kappa shape index (κ2) is 69.8. The predicted octanol–water partition coefficient (Wildman–Crippen LogP) is 23.9. The molecule has 0 aromatic carbocycles. The lowest BCUT2D eigenvalue weighted by molar-refractivity contribution is -0.167. The lowest BCUT2D eigenvalue weighted by Crippen LogP contribution is -2.30. The summed E-state index contributed by atoms with van der Waals surface area (Å²) in [6, 6.07) is 0. The lowest BCUT2D eigenvalue weighted by Gasteiger charge is -2.18. The Morgan fingerprint density at radius 2 is 0.482 bits per heavy atom. The molecule has 0 aromatic rings. The molecule has 0 aliphatic rings. The first-order valence-corrected chi connectivity index (χ1v) is 34.3. The smallest absolute Gasteiger partial charge is 0.306 e. The van der Waals surface area contributed by atoms with E-state index in [-0.39, 0.29) is 37.5 Å². The van der Waals surface area contributed by atoms with Gasteiger partial charge in [0, 0.05) is 19.3 Å². The van der Waals surface area contributed by atoms with Crippen LogP contribution in [0.5, 0.6) is 0 Å². The Balaban J connectivity index is 4.45. The van der Waals surface area contributed by atoms with E-state index in [1.807, 2.05) is 0 Å². The average molecular weight is 1150 g/mol. The van der Waals surface area contributed by atoms with Gasteiger partial charge in [-0.2, -0.15) is 0 Å². The van der Waals surface area contributed by atoms with Crippen molar-refractivity contribution in [3.05, 3.63) is 146 Å². The summed E-state index contributed by atoms with van der Waals surface area (Å²) >= 11 is 0. The number of hydrogen-bond donors (Lipinski definition) is 0. The van der Waals surface area contributed by atoms with Crippen molar-refractivity contribution in [2.45, 2.75) is 309 Å². The Morgan fingerprint density at radius 1 is 0.253 bits per heavy atom. The Labute approximate surface area is 512 Å². The third-order valence-electron chi connectivity index (χ3n) is 14.3. The van der Waals surface area contributed by atoms with E-state index in [1.165, 1.54) is 135 Å². The van der Waals surface area contributed by atoms with E-state index in [4.69, 9.17) is 14.2 Å². The second-order valence-corrected chi connectivity index (χ2v) is 22.3. The number of unbranched alkanes of at least 4 members (excludes halogenated alkanes) is 26. The number of ether oxygens (including phenoxy) is 3. The molecule has 0 rings (SSSR count). The van der Waals surface area contributed by atoms with Gasteiger partial charge < -0.3 is 14.2 Å². The summed E-state index contributed by atoms with van der Waals surface area (Å²) in [6.07, 6.45) is 100. The van der Waals surface area contributed by atoms with E-state index in [1.54, 1.807) is 0 Å². The molecule has 0 fully saturated rings. The number of carbonyl (C=O) groups excluding carboxylic acids is 3. The Morgan fingerprint density at radius 3 is 0.783 bits per heavy atom. The summed E-state index contributed by atoms with van der Waals surface area (Å²) in [5.41, 5.74) is 0.